The van der Waals surface area contributed by atoms with Crippen LogP contribution in [0.5, 0.6) is 11.5 Å². The van der Waals surface area contributed by atoms with Crippen LogP contribution < -0.4 is 20.3 Å². The molecule has 10 heteroatoms. The Morgan fingerprint density at radius 2 is 1.74 bits per heavy atom. The summed E-state index contributed by atoms with van der Waals surface area (Å²) in [6.07, 6.45) is 0.277. The summed E-state index contributed by atoms with van der Waals surface area (Å²) in [5.74, 6) is -4.43. The lowest BCUT2D eigenvalue weighted by atomic mass is 9.76. The molecule has 0 aromatic heterocycles. The van der Waals surface area contributed by atoms with Crippen LogP contribution in [0.25, 0.3) is 0 Å². The van der Waals surface area contributed by atoms with Gasteiger partial charge in [-0.15, -0.1) is 0 Å². The van der Waals surface area contributed by atoms with Gasteiger partial charge < -0.3 is 15.2 Å². The third-order valence-electron chi connectivity index (χ3n) is 7.43. The van der Waals surface area contributed by atoms with Gasteiger partial charge in [-0.1, -0.05) is 12.1 Å². The fourth-order valence-corrected chi connectivity index (χ4v) is 5.92. The smallest absolute Gasteiger partial charge is 0.308 e. The molecule has 192 valence electrons. The first-order valence-electron chi connectivity index (χ1n) is 12.0. The molecular weight excluding hydrogens is 493 g/mol. The number of amides is 3. The number of hydrogen-bond acceptors (Lipinski definition) is 7. The maximum Gasteiger partial charge on any atom is 0.308 e. The monoisotopic (exact) mass is 515 g/mol. The molecule has 3 aliphatic heterocycles. The van der Waals surface area contributed by atoms with Crippen molar-refractivity contribution in [1.29, 1.82) is 0 Å². The van der Waals surface area contributed by atoms with Crippen LogP contribution in [0.3, 0.4) is 0 Å². The van der Waals surface area contributed by atoms with Crippen molar-refractivity contribution in [3.05, 3.63) is 83.7 Å². The van der Waals surface area contributed by atoms with Crippen LogP contribution in [0.2, 0.25) is 0 Å². The average Bonchev–Trinajstić information content (AvgIpc) is 3.45. The van der Waals surface area contributed by atoms with Crippen LogP contribution in [-0.2, 0) is 31.1 Å². The van der Waals surface area contributed by atoms with Gasteiger partial charge in [-0.2, -0.15) is 0 Å². The number of nitrogens with one attached hydrogen (secondary N) is 2. The molecule has 1 spiro atoms. The first kappa shape index (κ1) is 23.8. The van der Waals surface area contributed by atoms with Crippen molar-refractivity contribution in [3.63, 3.8) is 0 Å². The highest BCUT2D eigenvalue weighted by molar-refractivity contribution is 6.25. The zero-order chi connectivity index (χ0) is 26.8. The first-order chi connectivity index (χ1) is 18.2. The van der Waals surface area contributed by atoms with Crippen molar-refractivity contribution < 1.29 is 33.4 Å². The van der Waals surface area contributed by atoms with Gasteiger partial charge in [0.15, 0.2) is 0 Å². The Labute approximate surface area is 216 Å². The number of phenols is 1. The summed E-state index contributed by atoms with van der Waals surface area (Å²) in [5, 5.41) is 15.7. The summed E-state index contributed by atoms with van der Waals surface area (Å²) in [5.41, 5.74) is 0.0412. The highest BCUT2D eigenvalue weighted by atomic mass is 19.1. The molecular formula is C28H22FN3O6. The third-order valence-corrected chi connectivity index (χ3v) is 7.43. The second-order valence-electron chi connectivity index (χ2n) is 9.68. The summed E-state index contributed by atoms with van der Waals surface area (Å²) in [6, 6.07) is 15.6. The minimum atomic E-state index is -1.65. The van der Waals surface area contributed by atoms with Crippen LogP contribution in [0.1, 0.15) is 18.1 Å². The van der Waals surface area contributed by atoms with Gasteiger partial charge in [0.1, 0.15) is 22.9 Å². The fraction of sp³-hybridized carbons (Fsp3) is 0.214. The number of carbonyl (C=O) groups is 4. The van der Waals surface area contributed by atoms with E-state index in [1.54, 1.807) is 12.1 Å². The molecule has 0 saturated carbocycles. The summed E-state index contributed by atoms with van der Waals surface area (Å²) < 4.78 is 19.5. The van der Waals surface area contributed by atoms with Crippen molar-refractivity contribution in [2.45, 2.75) is 24.9 Å². The van der Waals surface area contributed by atoms with E-state index in [4.69, 9.17) is 4.74 Å². The Hall–Kier alpha value is -4.57. The summed E-state index contributed by atoms with van der Waals surface area (Å²) in [6.45, 7) is 1.26. The number of ether oxygens (including phenoxy) is 1. The molecule has 0 unspecified atom stereocenters. The number of hydrogen-bond donors (Lipinski definition) is 3. The fourth-order valence-electron chi connectivity index (χ4n) is 5.92. The van der Waals surface area contributed by atoms with E-state index in [2.05, 4.69) is 10.6 Å². The van der Waals surface area contributed by atoms with Gasteiger partial charge in [-0.05, 0) is 66.6 Å². The largest absolute Gasteiger partial charge is 0.508 e. The van der Waals surface area contributed by atoms with Crippen LogP contribution in [0, 0.1) is 17.7 Å². The van der Waals surface area contributed by atoms with E-state index in [0.29, 0.717) is 5.69 Å². The predicted molar refractivity (Wildman–Crippen MR) is 133 cm³/mol. The highest BCUT2D eigenvalue weighted by Gasteiger charge is 2.70. The highest BCUT2D eigenvalue weighted by Crippen LogP contribution is 2.54. The SMILES string of the molecule is CC(=O)Oc1ccc(N2C(=O)[C@H]3[C@@H](C2=O)[C@]2(N[C@@H]3Cc3ccc(O)cc3)C(=O)Nc3ccc(F)cc32)cc1. The lowest BCUT2D eigenvalue weighted by Crippen LogP contribution is -2.53. The minimum absolute atomic E-state index is 0.0811. The number of aromatic hydroxyl groups is 1. The molecule has 9 nitrogen and oxygen atoms in total. The average molecular weight is 515 g/mol. The van der Waals surface area contributed by atoms with Crippen LogP contribution in [0.4, 0.5) is 15.8 Å². The number of esters is 1. The van der Waals surface area contributed by atoms with Crippen LogP contribution in [-0.4, -0.2) is 34.8 Å². The van der Waals surface area contributed by atoms with E-state index in [1.807, 2.05) is 0 Å². The number of rotatable bonds is 4. The molecule has 38 heavy (non-hydrogen) atoms. The topological polar surface area (TPSA) is 125 Å². The molecule has 0 aliphatic carbocycles. The summed E-state index contributed by atoms with van der Waals surface area (Å²) >= 11 is 0. The third kappa shape index (κ3) is 3.48. The molecule has 6 rings (SSSR count). The number of carbonyl (C=O) groups excluding carboxylic acids is 4. The molecule has 3 aliphatic rings. The van der Waals surface area contributed by atoms with E-state index < -0.39 is 52.9 Å². The Morgan fingerprint density at radius 1 is 1.03 bits per heavy atom. The predicted octanol–water partition coefficient (Wildman–Crippen LogP) is 2.62. The molecule has 4 atom stereocenters. The molecule has 2 saturated heterocycles. The van der Waals surface area contributed by atoms with Crippen molar-refractivity contribution >= 4 is 35.1 Å². The zero-order valence-electron chi connectivity index (χ0n) is 20.1. The number of fused-ring (bicyclic) bond motifs is 4. The Bertz CT molecular complexity index is 1510. The van der Waals surface area contributed by atoms with Gasteiger partial charge in [0.25, 0.3) is 0 Å². The molecule has 3 N–H and O–H groups in total. The van der Waals surface area contributed by atoms with Crippen molar-refractivity contribution in [3.8, 4) is 11.5 Å². The van der Waals surface area contributed by atoms with Gasteiger partial charge in [0, 0.05) is 24.2 Å². The maximum atomic E-state index is 14.4. The Morgan fingerprint density at radius 3 is 2.42 bits per heavy atom. The molecule has 3 heterocycles. The quantitative estimate of drug-likeness (QED) is 0.277. The van der Waals surface area contributed by atoms with Crippen molar-refractivity contribution in [2.75, 3.05) is 10.2 Å². The normalized spacial score (nSPS) is 25.5. The lowest BCUT2D eigenvalue weighted by molar-refractivity contribution is -0.132. The molecule has 3 amide bonds. The van der Waals surface area contributed by atoms with Gasteiger partial charge >= 0.3 is 5.97 Å². The Kier molecular flexibility index (Phi) is 5.32. The molecule has 3 aromatic carbocycles. The number of halogens is 1. The number of imide groups is 1. The molecule has 0 radical (unpaired) electrons. The standard InChI is InChI=1S/C28H22FN3O6/c1-14(33)38-19-9-5-17(6-10-19)32-25(35)23-22(12-15-2-7-18(34)8-3-15)31-28(24(23)26(32)36)20-13-16(29)4-11-21(20)30-27(28)37/h2-11,13,22-24,31,34H,12H2,1H3,(H,30,37)/t22-,23-,24+,28+/m1/s1. The summed E-state index contributed by atoms with van der Waals surface area (Å²) in [7, 11) is 0. The number of anilines is 2. The maximum absolute atomic E-state index is 14.4. The first-order valence-corrected chi connectivity index (χ1v) is 12.0. The van der Waals surface area contributed by atoms with E-state index in [9.17, 15) is 28.7 Å². The number of phenolic OH excluding ortho intramolecular Hbond substituents is 1. The van der Waals surface area contributed by atoms with Crippen molar-refractivity contribution in [2.24, 2.45) is 11.8 Å². The van der Waals surface area contributed by atoms with E-state index in [0.717, 1.165) is 10.5 Å². The van der Waals surface area contributed by atoms with Crippen molar-refractivity contribution in [1.82, 2.24) is 5.32 Å². The van der Waals surface area contributed by atoms with E-state index in [1.165, 1.54) is 61.5 Å². The summed E-state index contributed by atoms with van der Waals surface area (Å²) in [4.78, 5) is 53.7. The second kappa shape index (κ2) is 8.49. The van der Waals surface area contributed by atoms with Crippen LogP contribution >= 0.6 is 0 Å². The zero-order valence-corrected chi connectivity index (χ0v) is 20.1. The van der Waals surface area contributed by atoms with E-state index in [-0.39, 0.29) is 29.2 Å². The van der Waals surface area contributed by atoms with Gasteiger partial charge in [0.2, 0.25) is 17.7 Å². The molecule has 3 aromatic rings. The number of nitrogens with zero attached hydrogens (tertiary/aromatic N) is 1. The minimum Gasteiger partial charge on any atom is -0.508 e. The second-order valence-corrected chi connectivity index (χ2v) is 9.68. The lowest BCUT2D eigenvalue weighted by Gasteiger charge is -2.29. The van der Waals surface area contributed by atoms with Gasteiger partial charge in [-0.3, -0.25) is 24.5 Å². The van der Waals surface area contributed by atoms with Gasteiger partial charge in [-0.25, -0.2) is 9.29 Å². The molecule has 0 bridgehead atoms. The molecule has 2 fully saturated rings. The van der Waals surface area contributed by atoms with Crippen LogP contribution in [0.15, 0.2) is 66.7 Å². The van der Waals surface area contributed by atoms with E-state index >= 15 is 0 Å². The number of benzene rings is 3. The van der Waals surface area contributed by atoms with Gasteiger partial charge in [0.05, 0.1) is 17.5 Å². The Balaban J connectivity index is 1.45.